The fourth-order valence-electron chi connectivity index (χ4n) is 1.72. The highest BCUT2D eigenvalue weighted by molar-refractivity contribution is 7.92. The minimum Gasteiger partial charge on any atom is -0.321 e. The van der Waals surface area contributed by atoms with Gasteiger partial charge in [-0.3, -0.25) is 9.52 Å². The third-order valence-corrected chi connectivity index (χ3v) is 3.76. The van der Waals surface area contributed by atoms with Crippen molar-refractivity contribution < 1.29 is 13.2 Å². The number of hydrogen-bond acceptors (Lipinski definition) is 3. The van der Waals surface area contributed by atoms with Crippen LogP contribution in [-0.4, -0.2) is 20.6 Å². The Hall–Kier alpha value is -1.76. The predicted molar refractivity (Wildman–Crippen MR) is 89.3 cm³/mol. The minimum absolute atomic E-state index is 0.291. The van der Waals surface area contributed by atoms with Gasteiger partial charge in [-0.15, -0.1) is 0 Å². The lowest BCUT2D eigenvalue weighted by Gasteiger charge is -2.09. The lowest BCUT2D eigenvalue weighted by atomic mass is 10.2. The highest BCUT2D eigenvalue weighted by Gasteiger charge is 2.10. The Labute approximate surface area is 138 Å². The quantitative estimate of drug-likeness (QED) is 0.876. The molecule has 0 radical (unpaired) electrons. The van der Waals surface area contributed by atoms with E-state index in [1.54, 1.807) is 30.3 Å². The average Bonchev–Trinajstić information content (AvgIpc) is 2.40. The molecule has 8 heteroatoms. The van der Waals surface area contributed by atoms with Crippen molar-refractivity contribution in [3.63, 3.8) is 0 Å². The van der Waals surface area contributed by atoms with Gasteiger partial charge in [0.15, 0.2) is 0 Å². The van der Waals surface area contributed by atoms with Crippen LogP contribution in [0.15, 0.2) is 42.5 Å². The molecular weight excluding hydrogens is 347 g/mol. The van der Waals surface area contributed by atoms with E-state index in [1.165, 1.54) is 12.1 Å². The van der Waals surface area contributed by atoms with Gasteiger partial charge in [-0.1, -0.05) is 29.3 Å². The lowest BCUT2D eigenvalue weighted by Crippen LogP contribution is -2.14. The third-order valence-electron chi connectivity index (χ3n) is 2.61. The molecule has 0 spiro atoms. The Kier molecular flexibility index (Phi) is 4.95. The molecule has 0 saturated carbocycles. The van der Waals surface area contributed by atoms with Crippen LogP contribution < -0.4 is 10.0 Å². The van der Waals surface area contributed by atoms with Crippen molar-refractivity contribution in [3.05, 3.63) is 58.1 Å². The van der Waals surface area contributed by atoms with E-state index >= 15 is 0 Å². The zero-order chi connectivity index (χ0) is 16.3. The Morgan fingerprint density at radius 2 is 1.82 bits per heavy atom. The Morgan fingerprint density at radius 1 is 1.09 bits per heavy atom. The molecule has 0 unspecified atom stereocenters. The molecule has 0 atom stereocenters. The maximum atomic E-state index is 12.2. The molecule has 1 amide bonds. The van der Waals surface area contributed by atoms with Gasteiger partial charge in [-0.05, 0) is 36.4 Å². The van der Waals surface area contributed by atoms with Gasteiger partial charge in [0.25, 0.3) is 5.91 Å². The first-order chi connectivity index (χ1) is 10.2. The van der Waals surface area contributed by atoms with Gasteiger partial charge in [0.05, 0.1) is 17.0 Å². The summed E-state index contributed by atoms with van der Waals surface area (Å²) in [6.45, 7) is 0. The van der Waals surface area contributed by atoms with Gasteiger partial charge in [-0.2, -0.15) is 0 Å². The number of nitrogens with one attached hydrogen (secondary N) is 2. The van der Waals surface area contributed by atoms with Crippen LogP contribution in [-0.2, 0) is 10.0 Å². The number of anilines is 2. The lowest BCUT2D eigenvalue weighted by molar-refractivity contribution is 0.102. The minimum atomic E-state index is -3.41. The van der Waals surface area contributed by atoms with Crippen molar-refractivity contribution >= 4 is 50.5 Å². The first-order valence-corrected chi connectivity index (χ1v) is 8.73. The largest absolute Gasteiger partial charge is 0.321 e. The molecule has 5 nitrogen and oxygen atoms in total. The second-order valence-electron chi connectivity index (χ2n) is 4.53. The maximum absolute atomic E-state index is 12.2. The molecule has 22 heavy (non-hydrogen) atoms. The predicted octanol–water partition coefficient (Wildman–Crippen LogP) is 3.62. The maximum Gasteiger partial charge on any atom is 0.255 e. The van der Waals surface area contributed by atoms with Crippen LogP contribution in [0.2, 0.25) is 10.0 Å². The summed E-state index contributed by atoms with van der Waals surface area (Å²) < 4.78 is 24.7. The van der Waals surface area contributed by atoms with E-state index in [9.17, 15) is 13.2 Å². The molecule has 116 valence electrons. The highest BCUT2D eigenvalue weighted by Crippen LogP contribution is 2.26. The summed E-state index contributed by atoms with van der Waals surface area (Å²) in [5.74, 6) is -0.415. The number of benzene rings is 2. The van der Waals surface area contributed by atoms with Crippen molar-refractivity contribution in [1.82, 2.24) is 0 Å². The van der Waals surface area contributed by atoms with E-state index in [-0.39, 0.29) is 0 Å². The number of carbonyl (C=O) groups is 1. The fraction of sp³-hybridized carbons (Fsp3) is 0.0714. The first-order valence-electron chi connectivity index (χ1n) is 6.09. The number of rotatable bonds is 4. The van der Waals surface area contributed by atoms with E-state index in [0.29, 0.717) is 27.0 Å². The van der Waals surface area contributed by atoms with Crippen LogP contribution in [0.4, 0.5) is 11.4 Å². The number of halogens is 2. The third kappa shape index (κ3) is 4.62. The van der Waals surface area contributed by atoms with Crippen LogP contribution in [0.1, 0.15) is 10.4 Å². The van der Waals surface area contributed by atoms with Gasteiger partial charge < -0.3 is 5.32 Å². The van der Waals surface area contributed by atoms with E-state index in [4.69, 9.17) is 23.2 Å². The standard InChI is InChI=1S/C14H12Cl2N2O3S/c1-22(20,21)18-11-4-2-3-9(7-11)14(19)17-13-6-5-10(15)8-12(13)16/h2-8,18H,1H3,(H,17,19). The summed E-state index contributed by atoms with van der Waals surface area (Å²) in [6, 6.07) is 10.8. The van der Waals surface area contributed by atoms with Crippen molar-refractivity contribution in [3.8, 4) is 0 Å². The SMILES string of the molecule is CS(=O)(=O)Nc1cccc(C(=O)Nc2ccc(Cl)cc2Cl)c1. The zero-order valence-corrected chi connectivity index (χ0v) is 13.8. The molecule has 2 rings (SSSR count). The van der Waals surface area contributed by atoms with Crippen molar-refractivity contribution in [2.45, 2.75) is 0 Å². The van der Waals surface area contributed by atoms with E-state index in [1.807, 2.05) is 0 Å². The highest BCUT2D eigenvalue weighted by atomic mass is 35.5. The molecular formula is C14H12Cl2N2O3S. The summed E-state index contributed by atoms with van der Waals surface area (Å²) >= 11 is 11.8. The van der Waals surface area contributed by atoms with Gasteiger partial charge >= 0.3 is 0 Å². The van der Waals surface area contributed by atoms with Crippen LogP contribution in [0, 0.1) is 0 Å². The molecule has 0 bridgehead atoms. The molecule has 0 aliphatic heterocycles. The van der Waals surface area contributed by atoms with Crippen LogP contribution in [0.3, 0.4) is 0 Å². The monoisotopic (exact) mass is 358 g/mol. The number of amides is 1. The van der Waals surface area contributed by atoms with Gasteiger partial charge in [0.1, 0.15) is 0 Å². The van der Waals surface area contributed by atoms with E-state index in [2.05, 4.69) is 10.0 Å². The number of sulfonamides is 1. The van der Waals surface area contributed by atoms with Crippen molar-refractivity contribution in [1.29, 1.82) is 0 Å². The van der Waals surface area contributed by atoms with Gasteiger partial charge in [-0.25, -0.2) is 8.42 Å². The fourth-order valence-corrected chi connectivity index (χ4v) is 2.73. The Bertz CT molecular complexity index is 823. The van der Waals surface area contributed by atoms with Crippen LogP contribution in [0.25, 0.3) is 0 Å². The molecule has 0 aromatic heterocycles. The topological polar surface area (TPSA) is 75.3 Å². The van der Waals surface area contributed by atoms with E-state index in [0.717, 1.165) is 6.26 Å². The van der Waals surface area contributed by atoms with E-state index < -0.39 is 15.9 Å². The second kappa shape index (κ2) is 6.56. The van der Waals surface area contributed by atoms with Crippen LogP contribution in [0.5, 0.6) is 0 Å². The van der Waals surface area contributed by atoms with Crippen LogP contribution >= 0.6 is 23.2 Å². The molecule has 0 fully saturated rings. The molecule has 0 saturated heterocycles. The second-order valence-corrected chi connectivity index (χ2v) is 7.13. The van der Waals surface area contributed by atoms with Crippen molar-refractivity contribution in [2.75, 3.05) is 16.3 Å². The molecule has 0 heterocycles. The average molecular weight is 359 g/mol. The number of hydrogen-bond donors (Lipinski definition) is 2. The van der Waals surface area contributed by atoms with Crippen molar-refractivity contribution in [2.24, 2.45) is 0 Å². The Morgan fingerprint density at radius 3 is 2.45 bits per heavy atom. The molecule has 0 aliphatic rings. The smallest absolute Gasteiger partial charge is 0.255 e. The summed E-state index contributed by atoms with van der Waals surface area (Å²) in [4.78, 5) is 12.2. The molecule has 2 aromatic rings. The summed E-state index contributed by atoms with van der Waals surface area (Å²) in [5.41, 5.74) is 1.01. The van der Waals surface area contributed by atoms with Gasteiger partial charge in [0, 0.05) is 16.3 Å². The zero-order valence-electron chi connectivity index (χ0n) is 11.4. The summed E-state index contributed by atoms with van der Waals surface area (Å²) in [5, 5.41) is 3.41. The Balaban J connectivity index is 2.21. The first kappa shape index (κ1) is 16.6. The molecule has 2 N–H and O–H groups in total. The normalized spacial score (nSPS) is 11.0. The van der Waals surface area contributed by atoms with Gasteiger partial charge in [0.2, 0.25) is 10.0 Å². The summed E-state index contributed by atoms with van der Waals surface area (Å²) in [6.07, 6.45) is 1.03. The molecule has 2 aromatic carbocycles. The molecule has 0 aliphatic carbocycles. The number of carbonyl (C=O) groups excluding carboxylic acids is 1. The summed E-state index contributed by atoms with van der Waals surface area (Å²) in [7, 11) is -3.41.